The maximum Gasteiger partial charge on any atom is 0.0831 e. The van der Waals surface area contributed by atoms with Crippen LogP contribution in [0.1, 0.15) is 12.6 Å². The summed E-state index contributed by atoms with van der Waals surface area (Å²) in [6.07, 6.45) is 1.68. The molecule has 0 aliphatic carbocycles. The molecule has 0 saturated carbocycles. The minimum atomic E-state index is 0.706. The smallest absolute Gasteiger partial charge is 0.0831 e. The molecule has 0 aliphatic rings. The second-order valence-electron chi connectivity index (χ2n) is 2.92. The fraction of sp³-hybridized carbons (Fsp3) is 0.667. The third-order valence-electron chi connectivity index (χ3n) is 1.97. The molecule has 0 aromatic carbocycles. The van der Waals surface area contributed by atoms with Crippen LogP contribution in [0, 0.1) is 0 Å². The molecule has 1 N–H and O–H groups in total. The summed E-state index contributed by atoms with van der Waals surface area (Å²) < 4.78 is 6.82. The van der Waals surface area contributed by atoms with Crippen molar-refractivity contribution in [3.8, 4) is 0 Å². The second-order valence-corrected chi connectivity index (χ2v) is 3.33. The van der Waals surface area contributed by atoms with Gasteiger partial charge in [-0.1, -0.05) is 11.6 Å². The predicted molar refractivity (Wildman–Crippen MR) is 56.5 cm³/mol. The highest BCUT2D eigenvalue weighted by atomic mass is 35.5. The van der Waals surface area contributed by atoms with E-state index in [2.05, 4.69) is 10.4 Å². The Bertz CT molecular complexity index is 275. The van der Waals surface area contributed by atoms with Crippen molar-refractivity contribution in [2.45, 2.75) is 20.0 Å². The molecule has 0 unspecified atom stereocenters. The summed E-state index contributed by atoms with van der Waals surface area (Å²) >= 11 is 5.98. The topological polar surface area (TPSA) is 39.1 Å². The summed E-state index contributed by atoms with van der Waals surface area (Å²) in [6, 6.07) is 0. The van der Waals surface area contributed by atoms with E-state index in [0.29, 0.717) is 6.61 Å². The Balaban J connectivity index is 2.44. The van der Waals surface area contributed by atoms with Gasteiger partial charge >= 0.3 is 0 Å². The van der Waals surface area contributed by atoms with Crippen LogP contribution >= 0.6 is 11.6 Å². The standard InChI is InChI=1S/C9H16ClN3O/c1-3-13-9(8(10)6-12-13)7-11-4-5-14-2/h6,11H,3-5,7H2,1-2H3. The Hall–Kier alpha value is -0.580. The number of rotatable bonds is 6. The first kappa shape index (κ1) is 11.5. The summed E-state index contributed by atoms with van der Waals surface area (Å²) in [5.41, 5.74) is 1.03. The Morgan fingerprint density at radius 2 is 2.43 bits per heavy atom. The highest BCUT2D eigenvalue weighted by Crippen LogP contribution is 2.14. The van der Waals surface area contributed by atoms with Crippen LogP contribution in [0.3, 0.4) is 0 Å². The lowest BCUT2D eigenvalue weighted by Crippen LogP contribution is -2.20. The molecule has 0 aliphatic heterocycles. The van der Waals surface area contributed by atoms with Gasteiger partial charge in [-0.3, -0.25) is 4.68 Å². The van der Waals surface area contributed by atoms with Crippen LogP contribution in [0.5, 0.6) is 0 Å². The van der Waals surface area contributed by atoms with E-state index in [4.69, 9.17) is 16.3 Å². The van der Waals surface area contributed by atoms with Crippen molar-refractivity contribution in [1.82, 2.24) is 15.1 Å². The Morgan fingerprint density at radius 1 is 1.64 bits per heavy atom. The molecule has 0 fully saturated rings. The van der Waals surface area contributed by atoms with Crippen molar-refractivity contribution in [2.24, 2.45) is 0 Å². The molecule has 1 aromatic rings. The van der Waals surface area contributed by atoms with Gasteiger partial charge in [0, 0.05) is 26.7 Å². The average Bonchev–Trinajstić information content (AvgIpc) is 2.55. The van der Waals surface area contributed by atoms with Crippen LogP contribution in [-0.2, 0) is 17.8 Å². The lowest BCUT2D eigenvalue weighted by Gasteiger charge is -2.06. The normalized spacial score (nSPS) is 10.8. The maximum atomic E-state index is 5.98. The van der Waals surface area contributed by atoms with Gasteiger partial charge in [0.25, 0.3) is 0 Å². The molecular formula is C9H16ClN3O. The van der Waals surface area contributed by atoms with Gasteiger partial charge in [-0.2, -0.15) is 5.10 Å². The first-order valence-electron chi connectivity index (χ1n) is 4.69. The third kappa shape index (κ3) is 2.97. The van der Waals surface area contributed by atoms with Gasteiger partial charge in [0.15, 0.2) is 0 Å². The lowest BCUT2D eigenvalue weighted by molar-refractivity contribution is 0.199. The van der Waals surface area contributed by atoms with E-state index >= 15 is 0 Å². The number of nitrogens with one attached hydrogen (secondary N) is 1. The van der Waals surface area contributed by atoms with E-state index in [1.807, 2.05) is 11.6 Å². The van der Waals surface area contributed by atoms with Crippen LogP contribution in [0.15, 0.2) is 6.20 Å². The molecule has 1 aromatic heterocycles. The molecule has 80 valence electrons. The largest absolute Gasteiger partial charge is 0.383 e. The summed E-state index contributed by atoms with van der Waals surface area (Å²) in [7, 11) is 1.69. The van der Waals surface area contributed by atoms with Gasteiger partial charge in [0.1, 0.15) is 0 Å². The van der Waals surface area contributed by atoms with Crippen LogP contribution in [0.25, 0.3) is 0 Å². The number of aryl methyl sites for hydroxylation is 1. The summed E-state index contributed by atoms with van der Waals surface area (Å²) in [6.45, 7) is 5.14. The first-order valence-corrected chi connectivity index (χ1v) is 5.07. The SMILES string of the molecule is CCn1ncc(Cl)c1CNCCOC. The lowest BCUT2D eigenvalue weighted by atomic mass is 10.4. The molecule has 0 bridgehead atoms. The molecule has 1 heterocycles. The van der Waals surface area contributed by atoms with E-state index in [9.17, 15) is 0 Å². The van der Waals surface area contributed by atoms with Gasteiger partial charge in [0.2, 0.25) is 0 Å². The van der Waals surface area contributed by atoms with Gasteiger partial charge < -0.3 is 10.1 Å². The van der Waals surface area contributed by atoms with Crippen molar-refractivity contribution in [2.75, 3.05) is 20.3 Å². The van der Waals surface area contributed by atoms with E-state index < -0.39 is 0 Å². The number of hydrogen-bond donors (Lipinski definition) is 1. The van der Waals surface area contributed by atoms with E-state index in [1.165, 1.54) is 0 Å². The molecule has 14 heavy (non-hydrogen) atoms. The zero-order valence-corrected chi connectivity index (χ0v) is 9.34. The van der Waals surface area contributed by atoms with Gasteiger partial charge in [-0.05, 0) is 6.92 Å². The Labute approximate surface area is 89.2 Å². The summed E-state index contributed by atoms with van der Waals surface area (Å²) in [4.78, 5) is 0. The Kier molecular flexibility index (Phi) is 4.93. The molecule has 0 atom stereocenters. The summed E-state index contributed by atoms with van der Waals surface area (Å²) in [5, 5.41) is 8.10. The van der Waals surface area contributed by atoms with Crippen LogP contribution < -0.4 is 5.32 Å². The van der Waals surface area contributed by atoms with Crippen molar-refractivity contribution < 1.29 is 4.74 Å². The number of aromatic nitrogens is 2. The number of halogens is 1. The minimum absolute atomic E-state index is 0.706. The molecule has 0 spiro atoms. The highest BCUT2D eigenvalue weighted by Gasteiger charge is 2.06. The van der Waals surface area contributed by atoms with Crippen molar-refractivity contribution >= 4 is 11.6 Å². The van der Waals surface area contributed by atoms with Gasteiger partial charge in [0.05, 0.1) is 23.5 Å². The zero-order chi connectivity index (χ0) is 10.4. The van der Waals surface area contributed by atoms with E-state index in [0.717, 1.165) is 30.4 Å². The molecule has 4 nitrogen and oxygen atoms in total. The second kappa shape index (κ2) is 6.01. The zero-order valence-electron chi connectivity index (χ0n) is 8.59. The number of hydrogen-bond acceptors (Lipinski definition) is 3. The van der Waals surface area contributed by atoms with Gasteiger partial charge in [-0.15, -0.1) is 0 Å². The summed E-state index contributed by atoms with van der Waals surface area (Å²) in [5.74, 6) is 0. The van der Waals surface area contributed by atoms with Crippen molar-refractivity contribution in [3.63, 3.8) is 0 Å². The van der Waals surface area contributed by atoms with Crippen LogP contribution in [-0.4, -0.2) is 30.0 Å². The van der Waals surface area contributed by atoms with Crippen molar-refractivity contribution in [1.29, 1.82) is 0 Å². The van der Waals surface area contributed by atoms with Crippen LogP contribution in [0.4, 0.5) is 0 Å². The third-order valence-corrected chi connectivity index (χ3v) is 2.29. The number of methoxy groups -OCH3 is 1. The molecule has 0 amide bonds. The molecule has 1 rings (SSSR count). The fourth-order valence-corrected chi connectivity index (χ4v) is 1.43. The molecular weight excluding hydrogens is 202 g/mol. The maximum absolute atomic E-state index is 5.98. The quantitative estimate of drug-likeness (QED) is 0.730. The van der Waals surface area contributed by atoms with Crippen LogP contribution in [0.2, 0.25) is 5.02 Å². The average molecular weight is 218 g/mol. The predicted octanol–water partition coefficient (Wildman–Crippen LogP) is 1.29. The van der Waals surface area contributed by atoms with Crippen molar-refractivity contribution in [3.05, 3.63) is 16.9 Å². The molecule has 0 saturated heterocycles. The molecule has 5 heteroatoms. The molecule has 0 radical (unpaired) electrons. The monoisotopic (exact) mass is 217 g/mol. The van der Waals surface area contributed by atoms with Gasteiger partial charge in [-0.25, -0.2) is 0 Å². The minimum Gasteiger partial charge on any atom is -0.383 e. The number of nitrogens with zero attached hydrogens (tertiary/aromatic N) is 2. The fourth-order valence-electron chi connectivity index (χ4n) is 1.22. The van der Waals surface area contributed by atoms with E-state index in [1.54, 1.807) is 13.3 Å². The van der Waals surface area contributed by atoms with E-state index in [-0.39, 0.29) is 0 Å². The first-order chi connectivity index (χ1) is 6.79. The highest BCUT2D eigenvalue weighted by molar-refractivity contribution is 6.31. The number of ether oxygens (including phenoxy) is 1. The Morgan fingerprint density at radius 3 is 3.07 bits per heavy atom.